The van der Waals surface area contributed by atoms with Crippen molar-refractivity contribution in [2.75, 3.05) is 6.54 Å². The normalized spacial score (nSPS) is 13.4. The van der Waals surface area contributed by atoms with Crippen LogP contribution in [0.3, 0.4) is 0 Å². The molecule has 28 heavy (non-hydrogen) atoms. The van der Waals surface area contributed by atoms with E-state index in [1.54, 1.807) is 13.8 Å². The Morgan fingerprint density at radius 1 is 1.04 bits per heavy atom. The van der Waals surface area contributed by atoms with E-state index in [9.17, 15) is 18.0 Å². The molecule has 0 radical (unpaired) electrons. The number of esters is 1. The van der Waals surface area contributed by atoms with E-state index in [1.807, 2.05) is 30.3 Å². The summed E-state index contributed by atoms with van der Waals surface area (Å²) in [4.78, 5) is 23.9. The van der Waals surface area contributed by atoms with Crippen LogP contribution in [0, 0.1) is 0 Å². The fourth-order valence-electron chi connectivity index (χ4n) is 2.50. The van der Waals surface area contributed by atoms with E-state index in [0.29, 0.717) is 6.54 Å². The van der Waals surface area contributed by atoms with Crippen molar-refractivity contribution < 1.29 is 22.7 Å². The van der Waals surface area contributed by atoms with Gasteiger partial charge in [0.2, 0.25) is 10.0 Å². The van der Waals surface area contributed by atoms with Gasteiger partial charge in [-0.05, 0) is 44.5 Å². The number of benzene rings is 2. The Hall–Kier alpha value is -2.71. The molecule has 2 N–H and O–H groups in total. The number of rotatable bonds is 8. The van der Waals surface area contributed by atoms with Crippen molar-refractivity contribution in [3.05, 3.63) is 65.7 Å². The van der Waals surface area contributed by atoms with E-state index >= 15 is 0 Å². The highest BCUT2D eigenvalue weighted by Gasteiger charge is 2.22. The summed E-state index contributed by atoms with van der Waals surface area (Å²) in [5.41, 5.74) is 0.865. The van der Waals surface area contributed by atoms with Crippen molar-refractivity contribution in [1.29, 1.82) is 0 Å². The Balaban J connectivity index is 2.15. The zero-order valence-corrected chi connectivity index (χ0v) is 16.8. The molecule has 0 unspecified atom stereocenters. The van der Waals surface area contributed by atoms with E-state index in [0.717, 1.165) is 5.56 Å². The maximum Gasteiger partial charge on any atom is 0.338 e. The molecular formula is C20H24N2O5S. The summed E-state index contributed by atoms with van der Waals surface area (Å²) in [6, 6.07) is 14.2. The average Bonchev–Trinajstić information content (AvgIpc) is 2.68. The van der Waals surface area contributed by atoms with Gasteiger partial charge in [-0.15, -0.1) is 0 Å². The molecule has 0 aliphatic heterocycles. The quantitative estimate of drug-likeness (QED) is 0.658. The number of likely N-dealkylation sites (N-methyl/N-ethyl adjacent to an activating group) is 1. The van der Waals surface area contributed by atoms with Gasteiger partial charge in [0.15, 0.2) is 6.10 Å². The molecule has 0 saturated carbocycles. The van der Waals surface area contributed by atoms with Crippen LogP contribution in [0.15, 0.2) is 59.5 Å². The first-order valence-corrected chi connectivity index (χ1v) is 10.4. The fraction of sp³-hybridized carbons (Fsp3) is 0.300. The third-order valence-corrected chi connectivity index (χ3v) is 5.55. The average molecular weight is 404 g/mol. The van der Waals surface area contributed by atoms with Gasteiger partial charge in [0.1, 0.15) is 0 Å². The standard InChI is InChI=1S/C20H24N2O5S/c1-4-21-19(23)15(3)27-20(24)17-11-8-12-18(13-17)28(25,26)22-14(2)16-9-6-5-7-10-16/h5-15,22H,4H2,1-3H3,(H,21,23)/t14-,15+/m0/s1. The summed E-state index contributed by atoms with van der Waals surface area (Å²) in [6.45, 7) is 5.36. The highest BCUT2D eigenvalue weighted by molar-refractivity contribution is 7.89. The van der Waals surface area contributed by atoms with Crippen molar-refractivity contribution in [1.82, 2.24) is 10.0 Å². The summed E-state index contributed by atoms with van der Waals surface area (Å²) >= 11 is 0. The van der Waals surface area contributed by atoms with Crippen LogP contribution in [0.5, 0.6) is 0 Å². The van der Waals surface area contributed by atoms with Crippen LogP contribution in [0.1, 0.15) is 42.7 Å². The molecule has 0 spiro atoms. The van der Waals surface area contributed by atoms with Crippen LogP contribution >= 0.6 is 0 Å². The molecule has 2 aromatic rings. The number of hydrogen-bond acceptors (Lipinski definition) is 5. The Labute approximate surface area is 165 Å². The highest BCUT2D eigenvalue weighted by Crippen LogP contribution is 2.18. The fourth-order valence-corrected chi connectivity index (χ4v) is 3.78. The topological polar surface area (TPSA) is 102 Å². The molecule has 2 rings (SSSR count). The molecule has 0 heterocycles. The Morgan fingerprint density at radius 3 is 2.36 bits per heavy atom. The van der Waals surface area contributed by atoms with Crippen LogP contribution in [0.2, 0.25) is 0 Å². The SMILES string of the molecule is CCNC(=O)[C@@H](C)OC(=O)c1cccc(S(=O)(=O)N[C@@H](C)c2ccccc2)c1. The molecule has 8 heteroatoms. The zero-order chi connectivity index (χ0) is 20.7. The number of carbonyl (C=O) groups is 2. The second-order valence-corrected chi connectivity index (χ2v) is 7.94. The van der Waals surface area contributed by atoms with Gasteiger partial charge in [-0.2, -0.15) is 0 Å². The van der Waals surface area contributed by atoms with Crippen molar-refractivity contribution in [3.8, 4) is 0 Å². The first-order chi connectivity index (χ1) is 13.2. The van der Waals surface area contributed by atoms with Crippen molar-refractivity contribution in [3.63, 3.8) is 0 Å². The molecule has 0 bridgehead atoms. The highest BCUT2D eigenvalue weighted by atomic mass is 32.2. The molecule has 0 saturated heterocycles. The van der Waals surface area contributed by atoms with Crippen LogP contribution in [-0.2, 0) is 19.6 Å². The molecule has 0 aliphatic rings. The Bertz CT molecular complexity index is 929. The summed E-state index contributed by atoms with van der Waals surface area (Å²) in [5.74, 6) is -1.19. The van der Waals surface area contributed by atoms with Gasteiger partial charge in [0.05, 0.1) is 10.5 Å². The number of hydrogen-bond donors (Lipinski definition) is 2. The van der Waals surface area contributed by atoms with E-state index in [2.05, 4.69) is 10.0 Å². The van der Waals surface area contributed by atoms with Crippen LogP contribution in [0.25, 0.3) is 0 Å². The maximum absolute atomic E-state index is 12.7. The van der Waals surface area contributed by atoms with Crippen LogP contribution < -0.4 is 10.0 Å². The first kappa shape index (κ1) is 21.6. The van der Waals surface area contributed by atoms with Gasteiger partial charge in [0.25, 0.3) is 5.91 Å². The monoisotopic (exact) mass is 404 g/mol. The number of ether oxygens (including phenoxy) is 1. The summed E-state index contributed by atoms with van der Waals surface area (Å²) < 4.78 is 33.0. The van der Waals surface area contributed by atoms with Gasteiger partial charge in [-0.25, -0.2) is 17.9 Å². The molecular weight excluding hydrogens is 380 g/mol. The molecule has 150 valence electrons. The first-order valence-electron chi connectivity index (χ1n) is 8.90. The summed E-state index contributed by atoms with van der Waals surface area (Å²) in [5, 5.41) is 2.55. The molecule has 2 aromatic carbocycles. The summed E-state index contributed by atoms with van der Waals surface area (Å²) in [6.07, 6.45) is -0.982. The van der Waals surface area contributed by atoms with Crippen molar-refractivity contribution >= 4 is 21.9 Å². The van der Waals surface area contributed by atoms with Crippen molar-refractivity contribution in [2.45, 2.75) is 37.8 Å². The smallest absolute Gasteiger partial charge is 0.338 e. The van der Waals surface area contributed by atoms with Gasteiger partial charge in [-0.3, -0.25) is 4.79 Å². The minimum absolute atomic E-state index is 0.0476. The Kier molecular flexibility index (Phi) is 7.31. The second-order valence-electron chi connectivity index (χ2n) is 6.22. The summed E-state index contributed by atoms with van der Waals surface area (Å²) in [7, 11) is -3.85. The lowest BCUT2D eigenvalue weighted by atomic mass is 10.1. The van der Waals surface area contributed by atoms with E-state index in [4.69, 9.17) is 4.74 Å². The molecule has 0 aliphatic carbocycles. The van der Waals surface area contributed by atoms with Crippen LogP contribution in [0.4, 0.5) is 0 Å². The minimum Gasteiger partial charge on any atom is -0.449 e. The maximum atomic E-state index is 12.7. The lowest BCUT2D eigenvalue weighted by molar-refractivity contribution is -0.128. The number of nitrogens with one attached hydrogen (secondary N) is 2. The third-order valence-electron chi connectivity index (χ3n) is 4.02. The lowest BCUT2D eigenvalue weighted by Gasteiger charge is -2.15. The van der Waals surface area contributed by atoms with Crippen LogP contribution in [-0.4, -0.2) is 32.9 Å². The van der Waals surface area contributed by atoms with Gasteiger partial charge < -0.3 is 10.1 Å². The van der Waals surface area contributed by atoms with E-state index in [1.165, 1.54) is 31.2 Å². The second kappa shape index (κ2) is 9.48. The predicted molar refractivity (Wildman–Crippen MR) is 105 cm³/mol. The number of sulfonamides is 1. The lowest BCUT2D eigenvalue weighted by Crippen LogP contribution is -2.35. The minimum atomic E-state index is -3.85. The Morgan fingerprint density at radius 2 is 1.71 bits per heavy atom. The molecule has 0 aromatic heterocycles. The zero-order valence-electron chi connectivity index (χ0n) is 16.0. The molecule has 2 atom stereocenters. The number of amides is 1. The van der Waals surface area contributed by atoms with Crippen molar-refractivity contribution in [2.24, 2.45) is 0 Å². The molecule has 7 nitrogen and oxygen atoms in total. The third kappa shape index (κ3) is 5.64. The molecule has 1 amide bonds. The van der Waals surface area contributed by atoms with Gasteiger partial charge >= 0.3 is 5.97 Å². The van der Waals surface area contributed by atoms with Gasteiger partial charge in [0, 0.05) is 12.6 Å². The predicted octanol–water partition coefficient (Wildman–Crippen LogP) is 2.41. The number of carbonyl (C=O) groups excluding carboxylic acids is 2. The van der Waals surface area contributed by atoms with E-state index in [-0.39, 0.29) is 10.5 Å². The molecule has 0 fully saturated rings. The van der Waals surface area contributed by atoms with E-state index < -0.39 is 34.0 Å². The van der Waals surface area contributed by atoms with Gasteiger partial charge in [-0.1, -0.05) is 36.4 Å². The largest absolute Gasteiger partial charge is 0.449 e.